The molecule has 9 heteroatoms. The van der Waals surface area contributed by atoms with E-state index in [-0.39, 0.29) is 6.61 Å². The average molecular weight is 435 g/mol. The van der Waals surface area contributed by atoms with Gasteiger partial charge in [0.05, 0.1) is 18.8 Å². The van der Waals surface area contributed by atoms with Crippen LogP contribution < -0.4 is 14.8 Å². The second-order valence-electron chi connectivity index (χ2n) is 7.15. The van der Waals surface area contributed by atoms with E-state index in [9.17, 15) is 4.79 Å². The highest BCUT2D eigenvalue weighted by molar-refractivity contribution is 5.92. The molecule has 3 aromatic rings. The van der Waals surface area contributed by atoms with Crippen LogP contribution in [0.4, 0.5) is 5.95 Å². The average Bonchev–Trinajstić information content (AvgIpc) is 3.27. The van der Waals surface area contributed by atoms with Gasteiger partial charge in [0.25, 0.3) is 0 Å². The maximum absolute atomic E-state index is 13.2. The Kier molecular flexibility index (Phi) is 6.34. The minimum Gasteiger partial charge on any atom is -0.490 e. The number of benzene rings is 2. The molecule has 0 fully saturated rings. The molecule has 0 amide bonds. The molecular formula is C23H25N5O4. The Morgan fingerprint density at radius 3 is 2.56 bits per heavy atom. The first-order chi connectivity index (χ1) is 15.6. The monoisotopic (exact) mass is 435 g/mol. The van der Waals surface area contributed by atoms with Gasteiger partial charge in [0.1, 0.15) is 12.6 Å². The molecule has 9 nitrogen and oxygen atoms in total. The summed E-state index contributed by atoms with van der Waals surface area (Å²) in [5.41, 5.74) is 2.73. The van der Waals surface area contributed by atoms with Crippen LogP contribution in [-0.4, -0.2) is 39.4 Å². The first-order valence-electron chi connectivity index (χ1n) is 10.5. The van der Waals surface area contributed by atoms with Gasteiger partial charge in [-0.2, -0.15) is 4.68 Å². The molecular weight excluding hydrogens is 410 g/mol. The number of esters is 1. The van der Waals surface area contributed by atoms with Gasteiger partial charge in [-0.1, -0.05) is 41.5 Å². The molecule has 0 saturated heterocycles. The van der Waals surface area contributed by atoms with Gasteiger partial charge in [-0.15, -0.1) is 0 Å². The summed E-state index contributed by atoms with van der Waals surface area (Å²) in [6.07, 6.45) is 0. The van der Waals surface area contributed by atoms with Crippen molar-refractivity contribution in [3.63, 3.8) is 0 Å². The third kappa shape index (κ3) is 4.27. The lowest BCUT2D eigenvalue weighted by Crippen LogP contribution is -2.29. The summed E-state index contributed by atoms with van der Waals surface area (Å²) < 4.78 is 18.7. The molecule has 2 heterocycles. The number of tetrazole rings is 1. The fourth-order valence-electron chi connectivity index (χ4n) is 3.62. The van der Waals surface area contributed by atoms with Gasteiger partial charge in [-0.05, 0) is 54.5 Å². The minimum atomic E-state index is -0.584. The summed E-state index contributed by atoms with van der Waals surface area (Å²) in [5, 5.41) is 15.0. The Morgan fingerprint density at radius 2 is 1.81 bits per heavy atom. The van der Waals surface area contributed by atoms with Crippen molar-refractivity contribution in [2.45, 2.75) is 33.4 Å². The van der Waals surface area contributed by atoms with E-state index >= 15 is 0 Å². The SMILES string of the molecule is CCOc1ccc(C2C(C(=O)OCc3ccccc3)=C(C)Nc3nnnn32)cc1OCC. The van der Waals surface area contributed by atoms with Crippen LogP contribution in [-0.2, 0) is 16.1 Å². The molecule has 4 rings (SSSR count). The molecule has 0 spiro atoms. The minimum absolute atomic E-state index is 0.166. The number of nitrogens with one attached hydrogen (secondary N) is 1. The van der Waals surface area contributed by atoms with Gasteiger partial charge in [0, 0.05) is 5.70 Å². The van der Waals surface area contributed by atoms with Crippen molar-refractivity contribution < 1.29 is 19.0 Å². The number of nitrogens with zero attached hydrogens (tertiary/aromatic N) is 4. The van der Waals surface area contributed by atoms with E-state index in [1.54, 1.807) is 4.68 Å². The molecule has 32 heavy (non-hydrogen) atoms. The Morgan fingerprint density at radius 1 is 1.06 bits per heavy atom. The third-order valence-electron chi connectivity index (χ3n) is 5.03. The number of anilines is 1. The van der Waals surface area contributed by atoms with Crippen LogP contribution in [0.15, 0.2) is 59.8 Å². The third-order valence-corrected chi connectivity index (χ3v) is 5.03. The van der Waals surface area contributed by atoms with E-state index in [1.807, 2.05) is 69.3 Å². The summed E-state index contributed by atoms with van der Waals surface area (Å²) in [7, 11) is 0. The molecule has 1 aromatic heterocycles. The van der Waals surface area contributed by atoms with Crippen molar-refractivity contribution >= 4 is 11.9 Å². The molecule has 1 atom stereocenters. The number of rotatable bonds is 8. The zero-order valence-corrected chi connectivity index (χ0v) is 18.2. The molecule has 0 saturated carbocycles. The first kappa shape index (κ1) is 21.4. The van der Waals surface area contributed by atoms with Gasteiger partial charge in [-0.3, -0.25) is 0 Å². The van der Waals surface area contributed by atoms with Crippen molar-refractivity contribution in [3.05, 3.63) is 70.9 Å². The normalized spacial score (nSPS) is 15.0. The second-order valence-corrected chi connectivity index (χ2v) is 7.15. The molecule has 0 radical (unpaired) electrons. The Hall–Kier alpha value is -3.88. The summed E-state index contributed by atoms with van der Waals surface area (Å²) >= 11 is 0. The fraction of sp³-hybridized carbons (Fsp3) is 0.304. The van der Waals surface area contributed by atoms with E-state index in [4.69, 9.17) is 14.2 Å². The summed E-state index contributed by atoms with van der Waals surface area (Å²) in [6.45, 7) is 6.79. The maximum atomic E-state index is 13.2. The smallest absolute Gasteiger partial charge is 0.338 e. The number of carbonyl (C=O) groups excluding carboxylic acids is 1. The van der Waals surface area contributed by atoms with Crippen LogP contribution >= 0.6 is 0 Å². The van der Waals surface area contributed by atoms with Crippen LogP contribution in [0.5, 0.6) is 11.5 Å². The highest BCUT2D eigenvalue weighted by Crippen LogP contribution is 2.38. The lowest BCUT2D eigenvalue weighted by Gasteiger charge is -2.28. The van der Waals surface area contributed by atoms with Crippen LogP contribution in [0.3, 0.4) is 0 Å². The Bertz CT molecular complexity index is 1130. The number of hydrogen-bond donors (Lipinski definition) is 1. The van der Waals surface area contributed by atoms with Crippen LogP contribution in [0, 0.1) is 0 Å². The molecule has 0 aliphatic carbocycles. The highest BCUT2D eigenvalue weighted by Gasteiger charge is 2.35. The number of carbonyl (C=O) groups is 1. The van der Waals surface area contributed by atoms with Gasteiger partial charge >= 0.3 is 5.97 Å². The summed E-state index contributed by atoms with van der Waals surface area (Å²) in [6, 6.07) is 14.5. The number of aromatic nitrogens is 4. The van der Waals surface area contributed by atoms with Gasteiger partial charge in [-0.25, -0.2) is 4.79 Å². The molecule has 1 aliphatic heterocycles. The van der Waals surface area contributed by atoms with Crippen molar-refractivity contribution in [3.8, 4) is 11.5 Å². The van der Waals surface area contributed by atoms with Gasteiger partial charge in [0.2, 0.25) is 5.95 Å². The van der Waals surface area contributed by atoms with Crippen molar-refractivity contribution in [2.75, 3.05) is 18.5 Å². The summed E-state index contributed by atoms with van der Waals surface area (Å²) in [4.78, 5) is 13.2. The van der Waals surface area contributed by atoms with E-state index in [0.29, 0.717) is 41.9 Å². The first-order valence-corrected chi connectivity index (χ1v) is 10.5. The van der Waals surface area contributed by atoms with E-state index in [0.717, 1.165) is 11.1 Å². The Labute approximate surface area is 186 Å². The van der Waals surface area contributed by atoms with Crippen LogP contribution in [0.1, 0.15) is 37.9 Å². The second kappa shape index (κ2) is 9.51. The zero-order valence-electron chi connectivity index (χ0n) is 18.2. The molecule has 166 valence electrons. The lowest BCUT2D eigenvalue weighted by molar-refractivity contribution is -0.140. The van der Waals surface area contributed by atoms with Crippen LogP contribution in [0.2, 0.25) is 0 Å². The summed E-state index contributed by atoms with van der Waals surface area (Å²) in [5.74, 6) is 1.23. The van der Waals surface area contributed by atoms with Gasteiger partial charge in [0.15, 0.2) is 11.5 Å². The predicted molar refractivity (Wildman–Crippen MR) is 117 cm³/mol. The number of fused-ring (bicyclic) bond motifs is 1. The highest BCUT2D eigenvalue weighted by atomic mass is 16.5. The van der Waals surface area contributed by atoms with E-state index in [2.05, 4.69) is 20.8 Å². The van der Waals surface area contributed by atoms with Gasteiger partial charge < -0.3 is 19.5 Å². The number of ether oxygens (including phenoxy) is 3. The molecule has 1 unspecified atom stereocenters. The predicted octanol–water partition coefficient (Wildman–Crippen LogP) is 3.50. The largest absolute Gasteiger partial charge is 0.490 e. The lowest BCUT2D eigenvalue weighted by atomic mass is 9.95. The maximum Gasteiger partial charge on any atom is 0.338 e. The quantitative estimate of drug-likeness (QED) is 0.537. The topological polar surface area (TPSA) is 100 Å². The van der Waals surface area contributed by atoms with Crippen LogP contribution in [0.25, 0.3) is 0 Å². The van der Waals surface area contributed by atoms with Crippen molar-refractivity contribution in [2.24, 2.45) is 0 Å². The molecule has 1 aliphatic rings. The fourth-order valence-corrected chi connectivity index (χ4v) is 3.62. The molecule has 0 bridgehead atoms. The molecule has 2 aromatic carbocycles. The zero-order chi connectivity index (χ0) is 22.5. The Balaban J connectivity index is 1.70. The molecule has 1 N–H and O–H groups in total. The van der Waals surface area contributed by atoms with E-state index in [1.165, 1.54) is 0 Å². The van der Waals surface area contributed by atoms with Crippen molar-refractivity contribution in [1.82, 2.24) is 20.2 Å². The number of hydrogen-bond acceptors (Lipinski definition) is 8. The van der Waals surface area contributed by atoms with E-state index < -0.39 is 12.0 Å². The number of allylic oxidation sites excluding steroid dienone is 1. The standard InChI is InChI=1S/C23H25N5O4/c1-4-30-18-12-11-17(13-19(18)31-5-2)21-20(15(3)24-23-25-26-27-28(21)23)22(29)32-14-16-9-7-6-8-10-16/h6-13,21H,4-5,14H2,1-3H3,(H,24,25,27). The van der Waals surface area contributed by atoms with Crippen molar-refractivity contribution in [1.29, 1.82) is 0 Å².